The van der Waals surface area contributed by atoms with E-state index in [-0.39, 0.29) is 11.6 Å². The Kier molecular flexibility index (Phi) is 4.79. The lowest BCUT2D eigenvalue weighted by Crippen LogP contribution is -2.36. The van der Waals surface area contributed by atoms with E-state index in [2.05, 4.69) is 22.8 Å². The van der Waals surface area contributed by atoms with Gasteiger partial charge >= 0.3 is 12.0 Å². The normalized spacial score (nSPS) is 18.7. The largest absolute Gasteiger partial charge is 0.478 e. The SMILES string of the molecule is O=C(NCc1cccc(C(=O)O)c1)NC[C@@H]1C[C@H]1c1ccccc1. The highest BCUT2D eigenvalue weighted by Gasteiger charge is 2.37. The monoisotopic (exact) mass is 324 g/mol. The molecule has 0 bridgehead atoms. The number of rotatable bonds is 6. The second-order valence-electron chi connectivity index (χ2n) is 6.08. The van der Waals surface area contributed by atoms with Crippen molar-refractivity contribution in [2.24, 2.45) is 5.92 Å². The summed E-state index contributed by atoms with van der Waals surface area (Å²) in [6.07, 6.45) is 1.10. The lowest BCUT2D eigenvalue weighted by molar-refractivity contribution is 0.0696. The first-order valence-corrected chi connectivity index (χ1v) is 8.02. The Morgan fingerprint density at radius 1 is 1.04 bits per heavy atom. The molecular weight excluding hydrogens is 304 g/mol. The molecule has 2 amide bonds. The van der Waals surface area contributed by atoms with Gasteiger partial charge in [0.1, 0.15) is 0 Å². The van der Waals surface area contributed by atoms with Crippen LogP contribution < -0.4 is 10.6 Å². The Hall–Kier alpha value is -2.82. The number of benzene rings is 2. The first-order chi connectivity index (χ1) is 11.6. The number of carboxylic acid groups (broad SMARTS) is 1. The fraction of sp³-hybridized carbons (Fsp3) is 0.263. The molecule has 124 valence electrons. The molecule has 0 heterocycles. The maximum absolute atomic E-state index is 11.9. The Morgan fingerprint density at radius 2 is 1.83 bits per heavy atom. The van der Waals surface area contributed by atoms with Gasteiger partial charge in [0.25, 0.3) is 0 Å². The van der Waals surface area contributed by atoms with Gasteiger partial charge in [-0.2, -0.15) is 0 Å². The highest BCUT2D eigenvalue weighted by atomic mass is 16.4. The van der Waals surface area contributed by atoms with E-state index in [1.165, 1.54) is 11.6 Å². The van der Waals surface area contributed by atoms with E-state index in [1.54, 1.807) is 18.2 Å². The zero-order valence-corrected chi connectivity index (χ0v) is 13.2. The third-order valence-corrected chi connectivity index (χ3v) is 4.30. The van der Waals surface area contributed by atoms with Crippen LogP contribution in [0.1, 0.15) is 33.8 Å². The number of amides is 2. The van der Waals surface area contributed by atoms with Crippen molar-refractivity contribution >= 4 is 12.0 Å². The van der Waals surface area contributed by atoms with E-state index in [0.29, 0.717) is 24.9 Å². The van der Waals surface area contributed by atoms with E-state index in [4.69, 9.17) is 5.11 Å². The zero-order chi connectivity index (χ0) is 16.9. The van der Waals surface area contributed by atoms with Crippen molar-refractivity contribution in [3.05, 3.63) is 71.3 Å². The second-order valence-corrected chi connectivity index (χ2v) is 6.08. The standard InChI is InChI=1S/C19H20N2O3/c22-18(23)15-8-4-5-13(9-15)11-20-19(24)21-12-16-10-17(16)14-6-2-1-3-7-14/h1-9,16-17H,10-12H2,(H,22,23)(H2,20,21,24)/t16-,17-/m0/s1. The van der Waals surface area contributed by atoms with E-state index in [0.717, 1.165) is 12.0 Å². The molecule has 1 saturated carbocycles. The van der Waals surface area contributed by atoms with Gasteiger partial charge in [-0.25, -0.2) is 9.59 Å². The van der Waals surface area contributed by atoms with Crippen molar-refractivity contribution in [3.8, 4) is 0 Å². The molecule has 0 unspecified atom stereocenters. The number of carbonyl (C=O) groups is 2. The Morgan fingerprint density at radius 3 is 2.58 bits per heavy atom. The molecule has 0 saturated heterocycles. The smallest absolute Gasteiger partial charge is 0.335 e. The molecule has 5 nitrogen and oxygen atoms in total. The van der Waals surface area contributed by atoms with Crippen molar-refractivity contribution in [1.82, 2.24) is 10.6 Å². The zero-order valence-electron chi connectivity index (χ0n) is 13.2. The first kappa shape index (κ1) is 16.1. The Bertz CT molecular complexity index is 730. The lowest BCUT2D eigenvalue weighted by atomic mass is 10.1. The lowest BCUT2D eigenvalue weighted by Gasteiger charge is -2.08. The fourth-order valence-corrected chi connectivity index (χ4v) is 2.86. The molecule has 2 aromatic carbocycles. The molecule has 0 spiro atoms. The fourth-order valence-electron chi connectivity index (χ4n) is 2.86. The topological polar surface area (TPSA) is 78.4 Å². The van der Waals surface area contributed by atoms with Crippen LogP contribution in [0.15, 0.2) is 54.6 Å². The predicted molar refractivity (Wildman–Crippen MR) is 90.9 cm³/mol. The van der Waals surface area contributed by atoms with Gasteiger partial charge in [0.2, 0.25) is 0 Å². The minimum absolute atomic E-state index is 0.221. The molecule has 1 fully saturated rings. The van der Waals surface area contributed by atoms with Crippen LogP contribution in [-0.2, 0) is 6.54 Å². The summed E-state index contributed by atoms with van der Waals surface area (Å²) in [4.78, 5) is 22.8. The van der Waals surface area contributed by atoms with Gasteiger partial charge in [0.05, 0.1) is 5.56 Å². The highest BCUT2D eigenvalue weighted by molar-refractivity contribution is 5.87. The van der Waals surface area contributed by atoms with Crippen LogP contribution in [0.5, 0.6) is 0 Å². The highest BCUT2D eigenvalue weighted by Crippen LogP contribution is 2.46. The molecule has 0 aromatic heterocycles. The van der Waals surface area contributed by atoms with Crippen molar-refractivity contribution < 1.29 is 14.7 Å². The van der Waals surface area contributed by atoms with Gasteiger partial charge in [-0.15, -0.1) is 0 Å². The molecule has 24 heavy (non-hydrogen) atoms. The van der Waals surface area contributed by atoms with Gasteiger partial charge in [0.15, 0.2) is 0 Å². The second kappa shape index (κ2) is 7.17. The van der Waals surface area contributed by atoms with Crippen LogP contribution in [0.25, 0.3) is 0 Å². The van der Waals surface area contributed by atoms with Crippen LogP contribution in [0.2, 0.25) is 0 Å². The number of carboxylic acids is 1. The Labute approximate surface area is 140 Å². The summed E-state index contributed by atoms with van der Waals surface area (Å²) in [6.45, 7) is 0.959. The van der Waals surface area contributed by atoms with Gasteiger partial charge in [-0.3, -0.25) is 0 Å². The minimum atomic E-state index is -0.970. The molecule has 0 aliphatic heterocycles. The van der Waals surface area contributed by atoms with Crippen LogP contribution in [0, 0.1) is 5.92 Å². The maximum atomic E-state index is 11.9. The summed E-state index contributed by atoms with van der Waals surface area (Å²) in [6, 6.07) is 16.7. The quantitative estimate of drug-likeness (QED) is 0.764. The van der Waals surface area contributed by atoms with Gasteiger partial charge in [-0.05, 0) is 41.5 Å². The molecule has 3 rings (SSSR count). The van der Waals surface area contributed by atoms with Crippen molar-refractivity contribution in [2.75, 3.05) is 6.54 Å². The van der Waals surface area contributed by atoms with Crippen molar-refractivity contribution in [1.29, 1.82) is 0 Å². The average molecular weight is 324 g/mol. The van der Waals surface area contributed by atoms with Crippen molar-refractivity contribution in [3.63, 3.8) is 0 Å². The number of carbonyl (C=O) groups excluding carboxylic acids is 1. The summed E-state index contributed by atoms with van der Waals surface area (Å²) in [5.74, 6) is 0.0641. The molecular formula is C19H20N2O3. The Balaban J connectivity index is 1.41. The van der Waals surface area contributed by atoms with Crippen LogP contribution >= 0.6 is 0 Å². The number of urea groups is 1. The molecule has 0 radical (unpaired) electrons. The molecule has 2 aromatic rings. The summed E-state index contributed by atoms with van der Waals surface area (Å²) in [5, 5.41) is 14.6. The first-order valence-electron chi connectivity index (χ1n) is 8.02. The van der Waals surface area contributed by atoms with Gasteiger partial charge in [-0.1, -0.05) is 42.5 Å². The van der Waals surface area contributed by atoms with Crippen molar-refractivity contribution in [2.45, 2.75) is 18.9 Å². The van der Waals surface area contributed by atoms with E-state index in [9.17, 15) is 9.59 Å². The molecule has 5 heteroatoms. The number of aromatic carboxylic acids is 1. The molecule has 3 N–H and O–H groups in total. The van der Waals surface area contributed by atoms with Crippen LogP contribution in [-0.4, -0.2) is 23.7 Å². The predicted octanol–water partition coefficient (Wildman–Crippen LogP) is 2.99. The van der Waals surface area contributed by atoms with Gasteiger partial charge in [0, 0.05) is 13.1 Å². The summed E-state index contributed by atoms with van der Waals surface area (Å²) >= 11 is 0. The minimum Gasteiger partial charge on any atom is -0.478 e. The molecule has 1 aliphatic carbocycles. The third kappa shape index (κ3) is 4.13. The maximum Gasteiger partial charge on any atom is 0.335 e. The number of nitrogens with one attached hydrogen (secondary N) is 2. The number of hydrogen-bond donors (Lipinski definition) is 3. The van der Waals surface area contributed by atoms with E-state index < -0.39 is 5.97 Å². The van der Waals surface area contributed by atoms with Crippen LogP contribution in [0.4, 0.5) is 4.79 Å². The molecule has 2 atom stereocenters. The molecule has 1 aliphatic rings. The summed E-state index contributed by atoms with van der Waals surface area (Å²) < 4.78 is 0. The average Bonchev–Trinajstić information content (AvgIpc) is 3.39. The van der Waals surface area contributed by atoms with E-state index >= 15 is 0 Å². The number of hydrogen-bond acceptors (Lipinski definition) is 2. The summed E-state index contributed by atoms with van der Waals surface area (Å²) in [7, 11) is 0. The van der Waals surface area contributed by atoms with E-state index in [1.807, 2.05) is 18.2 Å². The third-order valence-electron chi connectivity index (χ3n) is 4.30. The summed E-state index contributed by atoms with van der Waals surface area (Å²) in [5.41, 5.74) is 2.31. The van der Waals surface area contributed by atoms with Gasteiger partial charge < -0.3 is 15.7 Å². The van der Waals surface area contributed by atoms with Crippen LogP contribution in [0.3, 0.4) is 0 Å².